The topological polar surface area (TPSA) is 46.2 Å². The Morgan fingerprint density at radius 1 is 1.50 bits per heavy atom. The molecule has 1 saturated heterocycles. The summed E-state index contributed by atoms with van der Waals surface area (Å²) in [6, 6.07) is 0. The van der Waals surface area contributed by atoms with Crippen molar-refractivity contribution >= 4 is 11.8 Å². The summed E-state index contributed by atoms with van der Waals surface area (Å²) in [5, 5.41) is 9.88. The van der Waals surface area contributed by atoms with Gasteiger partial charge in [-0.05, 0) is 0 Å². The van der Waals surface area contributed by atoms with Gasteiger partial charge in [-0.2, -0.15) is 11.8 Å². The van der Waals surface area contributed by atoms with Crippen molar-refractivity contribution < 1.29 is 5.11 Å². The fourth-order valence-corrected chi connectivity index (χ4v) is 2.87. The molecule has 1 aliphatic heterocycles. The van der Waals surface area contributed by atoms with Crippen LogP contribution in [0.1, 0.15) is 13.8 Å². The van der Waals surface area contributed by atoms with Gasteiger partial charge in [-0.3, -0.25) is 0 Å². The van der Waals surface area contributed by atoms with Crippen LogP contribution in [0.4, 0.5) is 0 Å². The second-order valence-electron chi connectivity index (χ2n) is 3.61. The van der Waals surface area contributed by atoms with E-state index in [1.807, 2.05) is 0 Å². The van der Waals surface area contributed by atoms with E-state index in [4.69, 9.17) is 5.73 Å². The Labute approximate surface area is 66.2 Å². The highest BCUT2D eigenvalue weighted by atomic mass is 32.2. The molecule has 1 aliphatic rings. The number of nitrogens with two attached hydrogens (primary N) is 1. The summed E-state index contributed by atoms with van der Waals surface area (Å²) in [4.78, 5) is 0. The van der Waals surface area contributed by atoms with Crippen LogP contribution in [-0.2, 0) is 0 Å². The van der Waals surface area contributed by atoms with Crippen LogP contribution in [0.15, 0.2) is 0 Å². The second kappa shape index (κ2) is 2.40. The van der Waals surface area contributed by atoms with Gasteiger partial charge >= 0.3 is 0 Å². The lowest BCUT2D eigenvalue weighted by Gasteiger charge is -2.34. The summed E-state index contributed by atoms with van der Waals surface area (Å²) in [5.41, 5.74) is 4.85. The van der Waals surface area contributed by atoms with E-state index in [1.165, 1.54) is 0 Å². The lowest BCUT2D eigenvalue weighted by molar-refractivity contribution is -0.0171. The fourth-order valence-electron chi connectivity index (χ4n) is 1.14. The molecule has 0 spiro atoms. The van der Waals surface area contributed by atoms with Gasteiger partial charge in [0.1, 0.15) is 0 Å². The molecule has 1 rings (SSSR count). The first-order chi connectivity index (χ1) is 4.52. The van der Waals surface area contributed by atoms with Crippen LogP contribution in [-0.4, -0.2) is 28.8 Å². The van der Waals surface area contributed by atoms with Crippen molar-refractivity contribution in [1.82, 2.24) is 0 Å². The molecule has 0 aliphatic carbocycles. The largest absolute Gasteiger partial charge is 0.387 e. The zero-order valence-electron chi connectivity index (χ0n) is 6.55. The summed E-state index contributed by atoms with van der Waals surface area (Å²) in [6.07, 6.45) is 0. The third-order valence-corrected chi connectivity index (χ3v) is 4.01. The van der Waals surface area contributed by atoms with Crippen molar-refractivity contribution in [1.29, 1.82) is 0 Å². The lowest BCUT2D eigenvalue weighted by atomic mass is 9.78. The predicted octanol–water partition coefficient (Wildman–Crippen LogP) is 0.449. The maximum Gasteiger partial charge on any atom is 0.0917 e. The van der Waals surface area contributed by atoms with Gasteiger partial charge in [0.25, 0.3) is 0 Å². The van der Waals surface area contributed by atoms with Crippen LogP contribution in [0.2, 0.25) is 0 Å². The summed E-state index contributed by atoms with van der Waals surface area (Å²) in [5.74, 6) is 1.80. The maximum atomic E-state index is 9.88. The van der Waals surface area contributed by atoms with Gasteiger partial charge in [0, 0.05) is 23.5 Å². The molecule has 2 nitrogen and oxygen atoms in total. The zero-order chi connectivity index (χ0) is 7.83. The fraction of sp³-hybridized carbons (Fsp3) is 1.00. The van der Waals surface area contributed by atoms with Crippen molar-refractivity contribution in [2.24, 2.45) is 11.1 Å². The van der Waals surface area contributed by atoms with Gasteiger partial charge in [-0.25, -0.2) is 0 Å². The Hall–Kier alpha value is 0.270. The van der Waals surface area contributed by atoms with E-state index in [1.54, 1.807) is 11.8 Å². The maximum absolute atomic E-state index is 9.88. The van der Waals surface area contributed by atoms with E-state index in [9.17, 15) is 5.11 Å². The lowest BCUT2D eigenvalue weighted by Crippen LogP contribution is -2.49. The molecule has 0 bridgehead atoms. The van der Waals surface area contributed by atoms with E-state index in [0.29, 0.717) is 6.54 Å². The molecular formula is C7H15NOS. The summed E-state index contributed by atoms with van der Waals surface area (Å²) < 4.78 is 0. The Kier molecular flexibility index (Phi) is 2.00. The van der Waals surface area contributed by atoms with Gasteiger partial charge in [-0.1, -0.05) is 13.8 Å². The molecule has 0 aromatic heterocycles. The van der Waals surface area contributed by atoms with Crippen molar-refractivity contribution in [3.05, 3.63) is 0 Å². The van der Waals surface area contributed by atoms with Crippen molar-refractivity contribution in [2.75, 3.05) is 18.1 Å². The smallest absolute Gasteiger partial charge is 0.0917 e. The van der Waals surface area contributed by atoms with Crippen molar-refractivity contribution in [3.63, 3.8) is 0 Å². The van der Waals surface area contributed by atoms with E-state index >= 15 is 0 Å². The van der Waals surface area contributed by atoms with E-state index < -0.39 is 5.60 Å². The number of hydrogen-bond acceptors (Lipinski definition) is 3. The molecule has 3 N–H and O–H groups in total. The van der Waals surface area contributed by atoms with E-state index in [-0.39, 0.29) is 5.41 Å². The minimum absolute atomic E-state index is 0.00752. The molecule has 1 fully saturated rings. The van der Waals surface area contributed by atoms with Crippen LogP contribution in [0.25, 0.3) is 0 Å². The zero-order valence-corrected chi connectivity index (χ0v) is 7.37. The van der Waals surface area contributed by atoms with Crippen molar-refractivity contribution in [2.45, 2.75) is 19.4 Å². The Bertz CT molecular complexity index is 138. The molecule has 0 saturated carbocycles. The first-order valence-corrected chi connectivity index (χ1v) is 4.67. The van der Waals surface area contributed by atoms with Crippen molar-refractivity contribution in [3.8, 4) is 0 Å². The van der Waals surface area contributed by atoms with Crippen LogP contribution >= 0.6 is 11.8 Å². The normalized spacial score (nSPS) is 38.4. The SMILES string of the molecule is CC1(C)CSCC1(O)CN. The minimum atomic E-state index is -0.627. The molecule has 3 heteroatoms. The number of aliphatic hydroxyl groups is 1. The van der Waals surface area contributed by atoms with Crippen LogP contribution in [0.5, 0.6) is 0 Å². The van der Waals surface area contributed by atoms with Gasteiger partial charge < -0.3 is 10.8 Å². The van der Waals surface area contributed by atoms with Gasteiger partial charge in [0.05, 0.1) is 5.60 Å². The highest BCUT2D eigenvalue weighted by Crippen LogP contribution is 2.42. The molecule has 1 atom stereocenters. The Balaban J connectivity index is 2.76. The van der Waals surface area contributed by atoms with E-state index in [2.05, 4.69) is 13.8 Å². The molecule has 0 amide bonds. The standard InChI is InChI=1S/C7H15NOS/c1-6(2)4-10-5-7(6,9)3-8/h9H,3-5,8H2,1-2H3. The summed E-state index contributed by atoms with van der Waals surface area (Å²) in [6.45, 7) is 4.52. The Morgan fingerprint density at radius 3 is 2.30 bits per heavy atom. The summed E-state index contributed by atoms with van der Waals surface area (Å²) >= 11 is 1.78. The molecular weight excluding hydrogens is 146 g/mol. The quantitative estimate of drug-likeness (QED) is 0.587. The molecule has 1 heterocycles. The molecule has 0 aromatic carbocycles. The van der Waals surface area contributed by atoms with E-state index in [0.717, 1.165) is 11.5 Å². The minimum Gasteiger partial charge on any atom is -0.387 e. The number of thioether (sulfide) groups is 1. The molecule has 60 valence electrons. The average Bonchev–Trinajstić information content (AvgIpc) is 2.10. The van der Waals surface area contributed by atoms with Crippen LogP contribution in [0.3, 0.4) is 0 Å². The average molecular weight is 161 g/mol. The van der Waals surface area contributed by atoms with Crippen LogP contribution < -0.4 is 5.73 Å². The third-order valence-electron chi connectivity index (χ3n) is 2.40. The monoisotopic (exact) mass is 161 g/mol. The number of hydrogen-bond donors (Lipinski definition) is 2. The second-order valence-corrected chi connectivity index (χ2v) is 4.60. The van der Waals surface area contributed by atoms with Gasteiger partial charge in [-0.15, -0.1) is 0 Å². The Morgan fingerprint density at radius 2 is 2.10 bits per heavy atom. The van der Waals surface area contributed by atoms with Crippen LogP contribution in [0, 0.1) is 5.41 Å². The third kappa shape index (κ3) is 1.06. The van der Waals surface area contributed by atoms with Gasteiger partial charge in [0.15, 0.2) is 0 Å². The highest BCUT2D eigenvalue weighted by molar-refractivity contribution is 7.99. The first-order valence-electron chi connectivity index (χ1n) is 3.52. The van der Waals surface area contributed by atoms with Gasteiger partial charge in [0.2, 0.25) is 0 Å². The molecule has 0 radical (unpaired) electrons. The summed E-state index contributed by atoms with van der Waals surface area (Å²) in [7, 11) is 0. The highest BCUT2D eigenvalue weighted by Gasteiger charge is 2.46. The molecule has 10 heavy (non-hydrogen) atoms. The number of rotatable bonds is 1. The first kappa shape index (κ1) is 8.37. The predicted molar refractivity (Wildman–Crippen MR) is 45.1 cm³/mol. The molecule has 1 unspecified atom stereocenters. The molecule has 0 aromatic rings.